The van der Waals surface area contributed by atoms with Crippen LogP contribution in [0.3, 0.4) is 0 Å². The van der Waals surface area contributed by atoms with Crippen molar-refractivity contribution in [1.82, 2.24) is 14.8 Å². The number of thiazole rings is 1. The van der Waals surface area contributed by atoms with Crippen LogP contribution in [0.15, 0.2) is 18.5 Å². The zero-order valence-electron chi connectivity index (χ0n) is 7.57. The average molecular weight is 229 g/mol. The van der Waals surface area contributed by atoms with Gasteiger partial charge in [0.2, 0.25) is 0 Å². The lowest BCUT2D eigenvalue weighted by molar-refractivity contribution is 0.768. The first-order chi connectivity index (χ1) is 6.74. The average Bonchev–Trinajstić information content (AvgIpc) is 2.72. The fourth-order valence-corrected chi connectivity index (χ4v) is 1.97. The van der Waals surface area contributed by atoms with Gasteiger partial charge in [0.1, 0.15) is 5.82 Å². The molecule has 0 saturated carbocycles. The first kappa shape index (κ1) is 9.48. The van der Waals surface area contributed by atoms with Crippen LogP contribution in [-0.2, 0) is 13.6 Å². The van der Waals surface area contributed by atoms with E-state index in [1.54, 1.807) is 10.9 Å². The lowest BCUT2D eigenvalue weighted by Crippen LogP contribution is -1.98. The standard InChI is InChI=1S/C8H9ClN4S/c1-13-3-2-7(12-13)10-4-6-5-11-8(9)14-6/h2-3,5H,4H2,1H3,(H,10,12). The largest absolute Gasteiger partial charge is 0.364 e. The molecule has 0 bridgehead atoms. The topological polar surface area (TPSA) is 42.7 Å². The maximum absolute atomic E-state index is 5.71. The molecular weight excluding hydrogens is 220 g/mol. The Morgan fingerprint density at radius 1 is 1.64 bits per heavy atom. The Balaban J connectivity index is 1.94. The molecule has 0 fully saturated rings. The number of nitrogens with zero attached hydrogens (tertiary/aromatic N) is 3. The molecule has 0 aliphatic carbocycles. The third-order valence-electron chi connectivity index (χ3n) is 1.68. The van der Waals surface area contributed by atoms with Crippen molar-refractivity contribution >= 4 is 28.8 Å². The van der Waals surface area contributed by atoms with Crippen molar-refractivity contribution in [3.05, 3.63) is 27.8 Å². The van der Waals surface area contributed by atoms with Gasteiger partial charge < -0.3 is 5.32 Å². The Hall–Kier alpha value is -1.07. The van der Waals surface area contributed by atoms with Crippen LogP contribution in [0.2, 0.25) is 4.47 Å². The minimum Gasteiger partial charge on any atom is -0.364 e. The highest BCUT2D eigenvalue weighted by Crippen LogP contribution is 2.18. The molecule has 2 aromatic rings. The SMILES string of the molecule is Cn1ccc(NCc2cnc(Cl)s2)n1. The van der Waals surface area contributed by atoms with Gasteiger partial charge >= 0.3 is 0 Å². The molecule has 4 nitrogen and oxygen atoms in total. The molecule has 74 valence electrons. The second-order valence-corrected chi connectivity index (χ2v) is 4.51. The van der Waals surface area contributed by atoms with Crippen LogP contribution in [0, 0.1) is 0 Å². The number of rotatable bonds is 3. The lowest BCUT2D eigenvalue weighted by atomic mass is 10.5. The fraction of sp³-hybridized carbons (Fsp3) is 0.250. The molecule has 0 amide bonds. The minimum absolute atomic E-state index is 0.572. The van der Waals surface area contributed by atoms with Crippen molar-refractivity contribution in [2.24, 2.45) is 7.05 Å². The highest BCUT2D eigenvalue weighted by Gasteiger charge is 2.00. The van der Waals surface area contributed by atoms with Crippen LogP contribution >= 0.6 is 22.9 Å². The van der Waals surface area contributed by atoms with Gasteiger partial charge in [-0.3, -0.25) is 4.68 Å². The molecule has 0 radical (unpaired) electrons. The first-order valence-electron chi connectivity index (χ1n) is 4.08. The van der Waals surface area contributed by atoms with E-state index in [4.69, 9.17) is 11.6 Å². The Bertz CT molecular complexity index is 382. The van der Waals surface area contributed by atoms with Gasteiger partial charge in [0.25, 0.3) is 0 Å². The summed E-state index contributed by atoms with van der Waals surface area (Å²) in [5.41, 5.74) is 0. The first-order valence-corrected chi connectivity index (χ1v) is 5.27. The van der Waals surface area contributed by atoms with E-state index in [0.717, 1.165) is 10.7 Å². The molecule has 0 saturated heterocycles. The van der Waals surface area contributed by atoms with Crippen LogP contribution in [0.1, 0.15) is 4.88 Å². The van der Waals surface area contributed by atoms with Crippen molar-refractivity contribution in [3.63, 3.8) is 0 Å². The molecule has 6 heteroatoms. The van der Waals surface area contributed by atoms with E-state index in [0.29, 0.717) is 11.0 Å². The Morgan fingerprint density at radius 3 is 3.07 bits per heavy atom. The van der Waals surface area contributed by atoms with Gasteiger partial charge in [-0.2, -0.15) is 5.10 Å². The Morgan fingerprint density at radius 2 is 2.50 bits per heavy atom. The molecule has 2 rings (SSSR count). The van der Waals surface area contributed by atoms with Crippen LogP contribution in [0.4, 0.5) is 5.82 Å². The summed E-state index contributed by atoms with van der Waals surface area (Å²) in [6.07, 6.45) is 3.66. The maximum atomic E-state index is 5.71. The molecule has 2 heterocycles. The molecule has 14 heavy (non-hydrogen) atoms. The normalized spacial score (nSPS) is 10.4. The highest BCUT2D eigenvalue weighted by molar-refractivity contribution is 7.15. The van der Waals surface area contributed by atoms with E-state index >= 15 is 0 Å². The Labute approximate surface area is 90.5 Å². The summed E-state index contributed by atoms with van der Waals surface area (Å²) in [5, 5.41) is 7.36. The van der Waals surface area contributed by atoms with Gasteiger partial charge in [0, 0.05) is 30.4 Å². The zero-order valence-corrected chi connectivity index (χ0v) is 9.14. The van der Waals surface area contributed by atoms with E-state index in [2.05, 4.69) is 15.4 Å². The van der Waals surface area contributed by atoms with Crippen LogP contribution in [0.25, 0.3) is 0 Å². The second kappa shape index (κ2) is 3.98. The number of anilines is 1. The molecule has 0 aliphatic heterocycles. The Kier molecular flexibility index (Phi) is 2.69. The van der Waals surface area contributed by atoms with Gasteiger partial charge in [0.15, 0.2) is 4.47 Å². The molecule has 0 atom stereocenters. The van der Waals surface area contributed by atoms with E-state index in [9.17, 15) is 0 Å². The van der Waals surface area contributed by atoms with Crippen LogP contribution in [0.5, 0.6) is 0 Å². The highest BCUT2D eigenvalue weighted by atomic mass is 35.5. The van der Waals surface area contributed by atoms with Crippen molar-refractivity contribution < 1.29 is 0 Å². The van der Waals surface area contributed by atoms with E-state index in [1.165, 1.54) is 11.3 Å². The molecular formula is C8H9ClN4S. The number of hydrogen-bond acceptors (Lipinski definition) is 4. The van der Waals surface area contributed by atoms with Crippen molar-refractivity contribution in [3.8, 4) is 0 Å². The van der Waals surface area contributed by atoms with Crippen molar-refractivity contribution in [1.29, 1.82) is 0 Å². The summed E-state index contributed by atoms with van der Waals surface area (Å²) in [5.74, 6) is 0.858. The van der Waals surface area contributed by atoms with Gasteiger partial charge in [0.05, 0.1) is 6.54 Å². The summed E-state index contributed by atoms with van der Waals surface area (Å²) < 4.78 is 2.32. The molecule has 1 N–H and O–H groups in total. The lowest BCUT2D eigenvalue weighted by Gasteiger charge is -1.98. The number of aryl methyl sites for hydroxylation is 1. The molecule has 0 aliphatic rings. The van der Waals surface area contributed by atoms with Crippen LogP contribution < -0.4 is 5.32 Å². The monoisotopic (exact) mass is 228 g/mol. The predicted molar refractivity (Wildman–Crippen MR) is 57.7 cm³/mol. The summed E-state index contributed by atoms with van der Waals surface area (Å²) in [6, 6.07) is 1.92. The van der Waals surface area contributed by atoms with Gasteiger partial charge in [-0.1, -0.05) is 11.6 Å². The number of nitrogens with one attached hydrogen (secondary N) is 1. The second-order valence-electron chi connectivity index (χ2n) is 2.81. The summed E-state index contributed by atoms with van der Waals surface area (Å²) in [7, 11) is 1.88. The summed E-state index contributed by atoms with van der Waals surface area (Å²) in [4.78, 5) is 5.05. The van der Waals surface area contributed by atoms with Crippen molar-refractivity contribution in [2.75, 3.05) is 5.32 Å². The van der Waals surface area contributed by atoms with Crippen LogP contribution in [-0.4, -0.2) is 14.8 Å². The summed E-state index contributed by atoms with van der Waals surface area (Å²) >= 11 is 7.18. The molecule has 0 unspecified atom stereocenters. The number of halogens is 1. The third-order valence-corrected chi connectivity index (χ3v) is 2.80. The van der Waals surface area contributed by atoms with E-state index in [1.807, 2.05) is 19.3 Å². The van der Waals surface area contributed by atoms with Gasteiger partial charge in [-0.05, 0) is 0 Å². The quantitative estimate of drug-likeness (QED) is 0.876. The fourth-order valence-electron chi connectivity index (χ4n) is 1.05. The molecule has 0 spiro atoms. The maximum Gasteiger partial charge on any atom is 0.183 e. The van der Waals surface area contributed by atoms with Gasteiger partial charge in [-0.15, -0.1) is 11.3 Å². The summed E-state index contributed by atoms with van der Waals surface area (Å²) in [6.45, 7) is 0.710. The van der Waals surface area contributed by atoms with E-state index < -0.39 is 0 Å². The van der Waals surface area contributed by atoms with Gasteiger partial charge in [-0.25, -0.2) is 4.98 Å². The zero-order chi connectivity index (χ0) is 9.97. The van der Waals surface area contributed by atoms with Crippen molar-refractivity contribution in [2.45, 2.75) is 6.54 Å². The van der Waals surface area contributed by atoms with E-state index in [-0.39, 0.29) is 0 Å². The number of aromatic nitrogens is 3. The minimum atomic E-state index is 0.572. The smallest absolute Gasteiger partial charge is 0.183 e. The third kappa shape index (κ3) is 2.24. The molecule has 0 aromatic carbocycles. The predicted octanol–water partition coefficient (Wildman–Crippen LogP) is 2.14. The molecule has 2 aromatic heterocycles. The number of hydrogen-bond donors (Lipinski definition) is 1.